The molecule has 182 valence electrons. The van der Waals surface area contributed by atoms with Crippen LogP contribution in [0.15, 0.2) is 48.5 Å². The Balaban J connectivity index is 1.45. The van der Waals surface area contributed by atoms with Crippen LogP contribution in [0.25, 0.3) is 10.6 Å². The van der Waals surface area contributed by atoms with Crippen LogP contribution in [0.5, 0.6) is 5.75 Å². The van der Waals surface area contributed by atoms with Gasteiger partial charge in [0.15, 0.2) is 5.82 Å². The number of halogens is 3. The van der Waals surface area contributed by atoms with Crippen LogP contribution in [-0.2, 0) is 24.6 Å². The molecule has 2 aromatic carbocycles. The topological polar surface area (TPSA) is 103 Å². The monoisotopic (exact) mass is 503 g/mol. The van der Waals surface area contributed by atoms with E-state index in [-0.39, 0.29) is 13.0 Å². The number of benzene rings is 2. The lowest BCUT2D eigenvalue weighted by molar-refractivity contribution is -0.138. The van der Waals surface area contributed by atoms with E-state index in [9.17, 15) is 23.1 Å². The van der Waals surface area contributed by atoms with Gasteiger partial charge in [0.2, 0.25) is 0 Å². The maximum absolute atomic E-state index is 12.8. The smallest absolute Gasteiger partial charge is 0.416 e. The van der Waals surface area contributed by atoms with Gasteiger partial charge in [-0.05, 0) is 47.2 Å². The van der Waals surface area contributed by atoms with Gasteiger partial charge in [0.25, 0.3) is 0 Å². The number of alkyl halides is 3. The largest absolute Gasteiger partial charge is 0.488 e. The van der Waals surface area contributed by atoms with Gasteiger partial charge in [-0.1, -0.05) is 24.3 Å². The van der Waals surface area contributed by atoms with Gasteiger partial charge in [0, 0.05) is 12.6 Å². The number of carboxylic acid groups (broad SMARTS) is 1. The van der Waals surface area contributed by atoms with Gasteiger partial charge in [0.1, 0.15) is 17.4 Å². The maximum atomic E-state index is 12.8. The van der Waals surface area contributed by atoms with Crippen molar-refractivity contribution in [3.8, 4) is 16.3 Å². The van der Waals surface area contributed by atoms with Crippen molar-refractivity contribution in [1.82, 2.24) is 25.2 Å². The Kier molecular flexibility index (Phi) is 6.83. The van der Waals surface area contributed by atoms with E-state index in [4.69, 9.17) is 4.74 Å². The van der Waals surface area contributed by atoms with Gasteiger partial charge in [-0.2, -0.15) is 13.2 Å². The Morgan fingerprint density at radius 2 is 1.83 bits per heavy atom. The first-order valence-electron chi connectivity index (χ1n) is 10.4. The predicted octanol–water partition coefficient (Wildman–Crippen LogP) is 4.85. The third kappa shape index (κ3) is 5.65. The van der Waals surface area contributed by atoms with Crippen molar-refractivity contribution in [3.05, 3.63) is 76.1 Å². The zero-order valence-electron chi connectivity index (χ0n) is 18.7. The molecule has 0 aliphatic rings. The van der Waals surface area contributed by atoms with Crippen LogP contribution in [0.4, 0.5) is 13.2 Å². The molecule has 0 radical (unpaired) electrons. The van der Waals surface area contributed by atoms with Gasteiger partial charge in [-0.25, -0.2) is 9.67 Å². The summed E-state index contributed by atoms with van der Waals surface area (Å²) in [5, 5.41) is 21.2. The van der Waals surface area contributed by atoms with Crippen molar-refractivity contribution in [2.45, 2.75) is 32.0 Å². The van der Waals surface area contributed by atoms with Crippen molar-refractivity contribution in [1.29, 1.82) is 0 Å². The van der Waals surface area contributed by atoms with E-state index in [1.165, 1.54) is 28.2 Å². The lowest BCUT2D eigenvalue weighted by Crippen LogP contribution is -2.13. The van der Waals surface area contributed by atoms with E-state index in [1.54, 1.807) is 31.3 Å². The number of carbonyl (C=O) groups is 1. The number of hydrogen-bond acceptors (Lipinski definition) is 7. The number of aryl methyl sites for hydroxylation is 2. The Labute approximate surface area is 202 Å². The molecular weight excluding hydrogens is 483 g/mol. The molecular formula is C23H20F3N5O3S. The van der Waals surface area contributed by atoms with Gasteiger partial charge in [-0.3, -0.25) is 4.79 Å². The molecule has 2 heterocycles. The zero-order chi connectivity index (χ0) is 25.2. The number of nitrogens with zero attached hydrogens (tertiary/aromatic N) is 5. The van der Waals surface area contributed by atoms with Crippen LogP contribution < -0.4 is 4.74 Å². The molecule has 35 heavy (non-hydrogen) atoms. The van der Waals surface area contributed by atoms with Crippen molar-refractivity contribution >= 4 is 17.3 Å². The molecule has 0 bridgehead atoms. The summed E-state index contributed by atoms with van der Waals surface area (Å²) < 4.78 is 45.7. The molecule has 4 aromatic rings. The summed E-state index contributed by atoms with van der Waals surface area (Å²) in [6.07, 6.45) is -4.55. The molecule has 12 heteroatoms. The third-order valence-electron chi connectivity index (χ3n) is 5.35. The molecule has 0 saturated carbocycles. The van der Waals surface area contributed by atoms with Crippen molar-refractivity contribution in [2.24, 2.45) is 7.05 Å². The average Bonchev–Trinajstić information content (AvgIpc) is 3.41. The molecule has 0 aliphatic heterocycles. The summed E-state index contributed by atoms with van der Waals surface area (Å²) in [6.45, 7) is 2.05. The van der Waals surface area contributed by atoms with Gasteiger partial charge < -0.3 is 9.84 Å². The van der Waals surface area contributed by atoms with Crippen LogP contribution >= 0.6 is 11.3 Å². The molecule has 0 spiro atoms. The van der Waals surface area contributed by atoms with E-state index in [0.29, 0.717) is 22.1 Å². The molecule has 1 N–H and O–H groups in total. The van der Waals surface area contributed by atoms with Crippen molar-refractivity contribution in [3.63, 3.8) is 0 Å². The summed E-state index contributed by atoms with van der Waals surface area (Å²) in [7, 11) is 1.65. The second-order valence-electron chi connectivity index (χ2n) is 7.77. The molecule has 4 rings (SSSR count). The highest BCUT2D eigenvalue weighted by Crippen LogP contribution is 2.33. The van der Waals surface area contributed by atoms with Crippen molar-refractivity contribution in [2.75, 3.05) is 0 Å². The number of aromatic nitrogens is 5. The van der Waals surface area contributed by atoms with Crippen LogP contribution in [-0.4, -0.2) is 36.3 Å². The highest BCUT2D eigenvalue weighted by molar-refractivity contribution is 7.15. The normalized spacial score (nSPS) is 12.5. The molecule has 0 unspecified atom stereocenters. The summed E-state index contributed by atoms with van der Waals surface area (Å²) in [5.41, 5.74) is 1.36. The fourth-order valence-corrected chi connectivity index (χ4v) is 4.48. The lowest BCUT2D eigenvalue weighted by atomic mass is 9.95. The van der Waals surface area contributed by atoms with E-state index >= 15 is 0 Å². The first-order chi connectivity index (χ1) is 16.6. The quantitative estimate of drug-likeness (QED) is 0.367. The summed E-state index contributed by atoms with van der Waals surface area (Å²) in [4.78, 5) is 16.7. The SMILES string of the molecule is Cc1nc(-c2ccc(C(F)(F)F)cc2)sc1COc1ccc([C@H](CC(=O)O)c2nnnn2C)cc1. The van der Waals surface area contributed by atoms with Crippen LogP contribution in [0.2, 0.25) is 0 Å². The highest BCUT2D eigenvalue weighted by atomic mass is 32.1. The number of ether oxygens (including phenoxy) is 1. The fraction of sp³-hybridized carbons (Fsp3) is 0.261. The molecule has 2 aromatic heterocycles. The van der Waals surface area contributed by atoms with Crippen molar-refractivity contribution < 1.29 is 27.8 Å². The Morgan fingerprint density at radius 3 is 2.40 bits per heavy atom. The summed E-state index contributed by atoms with van der Waals surface area (Å²) >= 11 is 1.35. The number of tetrazole rings is 1. The molecule has 0 amide bonds. The van der Waals surface area contributed by atoms with Crippen LogP contribution in [0.1, 0.15) is 39.9 Å². The van der Waals surface area contributed by atoms with E-state index in [0.717, 1.165) is 28.3 Å². The Bertz CT molecular complexity index is 1320. The first-order valence-corrected chi connectivity index (χ1v) is 11.2. The lowest BCUT2D eigenvalue weighted by Gasteiger charge is -2.14. The fourth-order valence-electron chi connectivity index (χ4n) is 3.50. The van der Waals surface area contributed by atoms with Gasteiger partial charge in [0.05, 0.1) is 28.5 Å². The number of carboxylic acids is 1. The first kappa shape index (κ1) is 24.3. The Hall–Kier alpha value is -3.80. The summed E-state index contributed by atoms with van der Waals surface area (Å²) in [6, 6.07) is 11.9. The van der Waals surface area contributed by atoms with E-state index in [2.05, 4.69) is 20.5 Å². The molecule has 1 atom stereocenters. The second-order valence-corrected chi connectivity index (χ2v) is 8.86. The number of aliphatic carboxylic acids is 1. The number of rotatable bonds is 8. The van der Waals surface area contributed by atoms with Crippen LogP contribution in [0, 0.1) is 6.92 Å². The molecule has 0 saturated heterocycles. The predicted molar refractivity (Wildman–Crippen MR) is 121 cm³/mol. The van der Waals surface area contributed by atoms with Crippen LogP contribution in [0.3, 0.4) is 0 Å². The zero-order valence-corrected chi connectivity index (χ0v) is 19.5. The minimum absolute atomic E-state index is 0.165. The van der Waals surface area contributed by atoms with Gasteiger partial charge in [-0.15, -0.1) is 16.4 Å². The molecule has 8 nitrogen and oxygen atoms in total. The van der Waals surface area contributed by atoms with E-state index < -0.39 is 23.6 Å². The van der Waals surface area contributed by atoms with Gasteiger partial charge >= 0.3 is 12.1 Å². The average molecular weight is 504 g/mol. The highest BCUT2D eigenvalue weighted by Gasteiger charge is 2.30. The second kappa shape index (κ2) is 9.82. The maximum Gasteiger partial charge on any atom is 0.416 e. The van der Waals surface area contributed by atoms with E-state index in [1.807, 2.05) is 6.92 Å². The Morgan fingerprint density at radius 1 is 1.14 bits per heavy atom. The standard InChI is InChI=1S/C23H20F3N5O3S/c1-13-19(35-22(27-13)15-3-7-16(8-4-15)23(24,25)26)12-34-17-9-5-14(6-10-17)18(11-20(32)33)21-28-29-30-31(21)2/h3-10,18H,11-12H2,1-2H3,(H,32,33)/t18-/m0/s1. The minimum atomic E-state index is -4.38. The third-order valence-corrected chi connectivity index (χ3v) is 6.53. The molecule has 0 fully saturated rings. The number of hydrogen-bond donors (Lipinski definition) is 1. The minimum Gasteiger partial charge on any atom is -0.488 e. The number of thiazole rings is 1. The summed E-state index contributed by atoms with van der Waals surface area (Å²) in [5.74, 6) is -0.473. The molecule has 0 aliphatic carbocycles.